The number of hydrogen-bond donors (Lipinski definition) is 0. The van der Waals surface area contributed by atoms with E-state index in [0.717, 1.165) is 72.8 Å². The van der Waals surface area contributed by atoms with Crippen molar-refractivity contribution in [3.05, 3.63) is 146 Å². The van der Waals surface area contributed by atoms with Crippen LogP contribution < -0.4 is 0 Å². The molecule has 0 unspecified atom stereocenters. The van der Waals surface area contributed by atoms with E-state index in [4.69, 9.17) is 0 Å². The van der Waals surface area contributed by atoms with Gasteiger partial charge in [-0.05, 0) is 140 Å². The van der Waals surface area contributed by atoms with Crippen molar-refractivity contribution < 1.29 is 77.8 Å². The second-order valence-electron chi connectivity index (χ2n) is 14.1. The first-order valence-electron chi connectivity index (χ1n) is 18.2. The second-order valence-corrected chi connectivity index (χ2v) is 22.4. The van der Waals surface area contributed by atoms with Crippen LogP contribution in [0.5, 0.6) is 0 Å². The van der Waals surface area contributed by atoms with Gasteiger partial charge in [0.25, 0.3) is 0 Å². The standard InChI is InChI=1S/C42H30O18S6/c43-61(44,45)31-13-1-25(2-14-31)37-38(26-3-15-32(16-4-26)62(46,47)48)40(28-7-19-34(20-8-28)64(52,53)54)42(30-11-23-36(24-12-30)66(58,59)60)41(29-9-21-35(22-10-29)65(55,56)57)39(37)27-5-17-33(18-6-27)63(49,50)51/h1-24H,(H,43,44,45)(H,46,47,48)(H,49,50,51)(H,52,53,54)(H,55,56,57)(H,58,59,60)/p-6. The van der Waals surface area contributed by atoms with Crippen LogP contribution in [-0.2, 0) is 60.7 Å². The fraction of sp³-hybridized carbons (Fsp3) is 0. The van der Waals surface area contributed by atoms with Crippen molar-refractivity contribution in [2.75, 3.05) is 0 Å². The molecule has 0 atom stereocenters. The van der Waals surface area contributed by atoms with E-state index in [0.29, 0.717) is 0 Å². The highest BCUT2D eigenvalue weighted by atomic mass is 32.2. The Kier molecular flexibility index (Phi) is 12.4. The SMILES string of the molecule is O=S(=O)([O-])c1ccc(-c2c(-c3ccc(S(=O)(=O)[O-])cc3)c(-c3ccc(S(=O)(=O)[O-])cc3)c(-c3ccc(S(=O)(=O)[O-])cc3)c(-c3ccc(S(=O)(=O)[O-])cc3)c2-c2ccc(S(=O)(=O)[O-])cc2)cc1. The summed E-state index contributed by atoms with van der Waals surface area (Å²) in [5.41, 5.74) is 0.176. The highest BCUT2D eigenvalue weighted by molar-refractivity contribution is 7.87. The Labute approximate surface area is 378 Å². The van der Waals surface area contributed by atoms with Gasteiger partial charge in [0.05, 0.1) is 29.4 Å². The quantitative estimate of drug-likeness (QED) is 0.143. The van der Waals surface area contributed by atoms with Crippen molar-refractivity contribution in [3.63, 3.8) is 0 Å². The van der Waals surface area contributed by atoms with Crippen molar-refractivity contribution in [2.45, 2.75) is 29.4 Å². The first kappa shape index (κ1) is 47.9. The summed E-state index contributed by atoms with van der Waals surface area (Å²) < 4.78 is 219. The largest absolute Gasteiger partial charge is 0.744 e. The van der Waals surface area contributed by atoms with Crippen molar-refractivity contribution in [2.24, 2.45) is 0 Å². The predicted octanol–water partition coefficient (Wildman–Crippen LogP) is 5.11. The van der Waals surface area contributed by atoms with Crippen molar-refractivity contribution in [1.82, 2.24) is 0 Å². The topological polar surface area (TPSA) is 343 Å². The Bertz CT molecular complexity index is 3090. The zero-order valence-electron chi connectivity index (χ0n) is 32.7. The third kappa shape index (κ3) is 9.90. The molecule has 7 aromatic carbocycles. The van der Waals surface area contributed by atoms with E-state index in [1.165, 1.54) is 72.8 Å². The molecular weight excluding hydrogens is 985 g/mol. The molecule has 342 valence electrons. The maximum absolute atomic E-state index is 12.2. The van der Waals surface area contributed by atoms with Gasteiger partial charge in [-0.15, -0.1) is 0 Å². The predicted molar refractivity (Wildman–Crippen MR) is 227 cm³/mol. The Hall–Kier alpha value is -6.00. The molecular formula is C42H24O18S6-6. The average Bonchev–Trinajstić information content (AvgIpc) is 3.24. The Morgan fingerprint density at radius 3 is 0.348 bits per heavy atom. The highest BCUT2D eigenvalue weighted by Gasteiger charge is 2.30. The maximum atomic E-state index is 12.2. The lowest BCUT2D eigenvalue weighted by Gasteiger charge is -2.29. The Balaban J connectivity index is 1.84. The molecule has 18 nitrogen and oxygen atoms in total. The van der Waals surface area contributed by atoms with Crippen molar-refractivity contribution >= 4 is 60.7 Å². The van der Waals surface area contributed by atoms with E-state index >= 15 is 0 Å². The van der Waals surface area contributed by atoms with E-state index in [1.807, 2.05) is 0 Å². The molecule has 0 aliphatic rings. The number of rotatable bonds is 12. The van der Waals surface area contributed by atoms with Crippen molar-refractivity contribution in [3.8, 4) is 66.8 Å². The highest BCUT2D eigenvalue weighted by Crippen LogP contribution is 2.56. The molecule has 0 saturated heterocycles. The Morgan fingerprint density at radius 1 is 0.182 bits per heavy atom. The van der Waals surface area contributed by atoms with E-state index in [2.05, 4.69) is 0 Å². The normalized spacial score (nSPS) is 12.8. The van der Waals surface area contributed by atoms with Gasteiger partial charge in [0.15, 0.2) is 0 Å². The summed E-state index contributed by atoms with van der Waals surface area (Å²) in [5, 5.41) is 0. The van der Waals surface area contributed by atoms with Crippen LogP contribution in [0.4, 0.5) is 0 Å². The van der Waals surface area contributed by atoms with Crippen LogP contribution in [0.25, 0.3) is 66.8 Å². The van der Waals surface area contributed by atoms with Crippen LogP contribution in [0.1, 0.15) is 0 Å². The summed E-state index contributed by atoms with van der Waals surface area (Å²) in [5.74, 6) is 0. The van der Waals surface area contributed by atoms with Crippen LogP contribution in [0.3, 0.4) is 0 Å². The molecule has 66 heavy (non-hydrogen) atoms. The van der Waals surface area contributed by atoms with Crippen LogP contribution >= 0.6 is 0 Å². The molecule has 7 aromatic rings. The van der Waals surface area contributed by atoms with Crippen LogP contribution in [0.15, 0.2) is 175 Å². The minimum Gasteiger partial charge on any atom is -0.744 e. The number of hydrogen-bond acceptors (Lipinski definition) is 18. The monoisotopic (exact) mass is 1010 g/mol. The Morgan fingerprint density at radius 2 is 0.273 bits per heavy atom. The fourth-order valence-corrected chi connectivity index (χ4v) is 10.0. The molecule has 0 aliphatic heterocycles. The summed E-state index contributed by atoms with van der Waals surface area (Å²) in [6, 6.07) is 25.4. The van der Waals surface area contributed by atoms with Gasteiger partial charge in [-0.1, -0.05) is 72.8 Å². The summed E-state index contributed by atoms with van der Waals surface area (Å²) in [6.45, 7) is 0. The van der Waals surface area contributed by atoms with E-state index in [-0.39, 0.29) is 66.8 Å². The molecule has 0 radical (unpaired) electrons. The summed E-state index contributed by atoms with van der Waals surface area (Å²) in [6.07, 6.45) is 0. The lowest BCUT2D eigenvalue weighted by molar-refractivity contribution is 0.461. The molecule has 0 N–H and O–H groups in total. The summed E-state index contributed by atoms with van der Waals surface area (Å²) in [4.78, 5) is -4.26. The molecule has 0 aliphatic carbocycles. The zero-order chi connectivity index (χ0) is 48.4. The van der Waals surface area contributed by atoms with Gasteiger partial charge < -0.3 is 27.3 Å². The minimum atomic E-state index is -5.09. The average molecular weight is 1010 g/mol. The fourth-order valence-electron chi connectivity index (χ4n) is 7.21. The van der Waals surface area contributed by atoms with Gasteiger partial charge in [-0.25, -0.2) is 50.5 Å². The van der Waals surface area contributed by atoms with Gasteiger partial charge in [0.1, 0.15) is 60.7 Å². The van der Waals surface area contributed by atoms with Crippen LogP contribution in [0.2, 0.25) is 0 Å². The molecule has 0 spiro atoms. The minimum absolute atomic E-state index is 0.00569. The third-order valence-corrected chi connectivity index (χ3v) is 15.2. The zero-order valence-corrected chi connectivity index (χ0v) is 37.6. The molecule has 0 heterocycles. The summed E-state index contributed by atoms with van der Waals surface area (Å²) >= 11 is 0. The molecule has 0 bridgehead atoms. The van der Waals surface area contributed by atoms with E-state index in [1.54, 1.807) is 0 Å². The number of benzene rings is 7. The van der Waals surface area contributed by atoms with Gasteiger partial charge in [-0.2, -0.15) is 0 Å². The smallest absolute Gasteiger partial charge is 0.124 e. The second kappa shape index (κ2) is 17.0. The maximum Gasteiger partial charge on any atom is 0.124 e. The lowest BCUT2D eigenvalue weighted by atomic mass is 9.74. The first-order chi connectivity index (χ1) is 30.5. The lowest BCUT2D eigenvalue weighted by Crippen LogP contribution is -2.05. The van der Waals surface area contributed by atoms with Gasteiger partial charge in [0.2, 0.25) is 0 Å². The molecule has 0 saturated carbocycles. The molecule has 7 rings (SSSR count). The van der Waals surface area contributed by atoms with Gasteiger partial charge in [0, 0.05) is 0 Å². The molecule has 0 aromatic heterocycles. The van der Waals surface area contributed by atoms with Crippen LogP contribution in [-0.4, -0.2) is 77.8 Å². The van der Waals surface area contributed by atoms with E-state index in [9.17, 15) is 77.8 Å². The molecule has 0 amide bonds. The summed E-state index contributed by atoms with van der Waals surface area (Å²) in [7, 11) is -30.6. The van der Waals surface area contributed by atoms with Crippen molar-refractivity contribution in [1.29, 1.82) is 0 Å². The van der Waals surface area contributed by atoms with Gasteiger partial charge >= 0.3 is 0 Å². The third-order valence-electron chi connectivity index (χ3n) is 10.1. The van der Waals surface area contributed by atoms with E-state index < -0.39 is 90.1 Å². The molecule has 24 heteroatoms. The molecule has 0 fully saturated rings. The first-order valence-corrected chi connectivity index (χ1v) is 26.6. The van der Waals surface area contributed by atoms with Gasteiger partial charge in [-0.3, -0.25) is 0 Å². The van der Waals surface area contributed by atoms with Crippen LogP contribution in [0, 0.1) is 0 Å².